The first-order chi connectivity index (χ1) is 18.1. The maximum absolute atomic E-state index is 13.6. The quantitative estimate of drug-likeness (QED) is 0.446. The fourth-order valence-electron chi connectivity index (χ4n) is 4.62. The van der Waals surface area contributed by atoms with Gasteiger partial charge in [0.25, 0.3) is 0 Å². The van der Waals surface area contributed by atoms with Crippen molar-refractivity contribution < 1.29 is 22.4 Å². The van der Waals surface area contributed by atoms with Crippen molar-refractivity contribution in [3.05, 3.63) is 65.5 Å². The van der Waals surface area contributed by atoms with Gasteiger partial charge in [-0.3, -0.25) is 4.79 Å². The van der Waals surface area contributed by atoms with E-state index in [2.05, 4.69) is 5.32 Å². The first kappa shape index (κ1) is 29.6. The summed E-state index contributed by atoms with van der Waals surface area (Å²) >= 11 is 0. The molecule has 0 bridgehead atoms. The third kappa shape index (κ3) is 8.26. The number of anilines is 1. The minimum absolute atomic E-state index is 0.00722. The van der Waals surface area contributed by atoms with Crippen molar-refractivity contribution in [3.8, 4) is 0 Å². The molecule has 2 aromatic rings. The van der Waals surface area contributed by atoms with Crippen LogP contribution >= 0.6 is 0 Å². The zero-order chi connectivity index (χ0) is 27.7. The van der Waals surface area contributed by atoms with E-state index < -0.39 is 10.0 Å². The van der Waals surface area contributed by atoms with Gasteiger partial charge in [0.05, 0.1) is 12.3 Å². The number of amides is 3. The lowest BCUT2D eigenvalue weighted by Gasteiger charge is -2.39. The Morgan fingerprint density at radius 2 is 1.63 bits per heavy atom. The van der Waals surface area contributed by atoms with Gasteiger partial charge in [-0.25, -0.2) is 17.6 Å². The minimum Gasteiger partial charge on any atom is -0.334 e. The number of halogens is 1. The molecule has 1 aliphatic heterocycles. The van der Waals surface area contributed by atoms with Gasteiger partial charge in [-0.1, -0.05) is 43.7 Å². The van der Waals surface area contributed by atoms with Crippen molar-refractivity contribution in [1.82, 2.24) is 14.1 Å². The van der Waals surface area contributed by atoms with E-state index in [0.717, 1.165) is 16.8 Å². The molecule has 0 saturated carbocycles. The molecule has 8 nitrogen and oxygen atoms in total. The van der Waals surface area contributed by atoms with Gasteiger partial charge in [-0.2, -0.15) is 4.31 Å². The summed E-state index contributed by atoms with van der Waals surface area (Å²) in [7, 11) is -3.55. The molecule has 3 rings (SSSR count). The second-order valence-electron chi connectivity index (χ2n) is 9.81. The van der Waals surface area contributed by atoms with E-state index in [4.69, 9.17) is 0 Å². The van der Waals surface area contributed by atoms with Crippen molar-refractivity contribution in [3.63, 3.8) is 0 Å². The maximum atomic E-state index is 13.6. The minimum atomic E-state index is -3.55. The number of piperidine rings is 1. The molecule has 1 fully saturated rings. The number of carbonyl (C=O) groups excluding carboxylic acids is 2. The number of urea groups is 1. The molecule has 10 heteroatoms. The van der Waals surface area contributed by atoms with Crippen LogP contribution in [0.4, 0.5) is 14.9 Å². The van der Waals surface area contributed by atoms with E-state index in [-0.39, 0.29) is 49.2 Å². The van der Waals surface area contributed by atoms with E-state index in [1.807, 2.05) is 38.1 Å². The Hall–Kier alpha value is -2.98. The monoisotopic (exact) mass is 546 g/mol. The molecule has 1 aliphatic rings. The molecule has 3 amide bonds. The summed E-state index contributed by atoms with van der Waals surface area (Å²) in [6.07, 6.45) is 2.19. The SMILES string of the molecule is CCCN(CC(=O)N(Cc1ccc(F)cc1)C1CCN(C(=O)Nc2ccc(C)cc2)CC1)S(=O)(=O)CCC. The van der Waals surface area contributed by atoms with E-state index in [1.54, 1.807) is 28.9 Å². The Bertz CT molecular complexity index is 1160. The standard InChI is InChI=1S/C28H39FN4O4S/c1-4-16-32(38(36,37)19-5-2)21-27(34)33(20-23-8-10-24(29)11-9-23)26-14-17-31(18-15-26)28(35)30-25-12-6-22(3)7-13-25/h6-13,26H,4-5,14-21H2,1-3H3,(H,30,35). The molecular weight excluding hydrogens is 507 g/mol. The van der Waals surface area contributed by atoms with Gasteiger partial charge in [0.2, 0.25) is 15.9 Å². The fraction of sp³-hybridized carbons (Fsp3) is 0.500. The van der Waals surface area contributed by atoms with Crippen molar-refractivity contribution in [1.29, 1.82) is 0 Å². The van der Waals surface area contributed by atoms with Gasteiger partial charge in [0, 0.05) is 37.9 Å². The summed E-state index contributed by atoms with van der Waals surface area (Å²) in [5.74, 6) is -0.656. The van der Waals surface area contributed by atoms with Crippen LogP contribution in [0.1, 0.15) is 50.7 Å². The lowest BCUT2D eigenvalue weighted by atomic mass is 10.0. The van der Waals surface area contributed by atoms with Gasteiger partial charge >= 0.3 is 6.03 Å². The number of rotatable bonds is 11. The van der Waals surface area contributed by atoms with Crippen LogP contribution in [0, 0.1) is 12.7 Å². The molecule has 0 aliphatic carbocycles. The highest BCUT2D eigenvalue weighted by Crippen LogP contribution is 2.22. The van der Waals surface area contributed by atoms with Crippen LogP contribution in [0.15, 0.2) is 48.5 Å². The van der Waals surface area contributed by atoms with Gasteiger partial charge in [-0.15, -0.1) is 0 Å². The van der Waals surface area contributed by atoms with Crippen LogP contribution in [0.3, 0.4) is 0 Å². The number of carbonyl (C=O) groups is 2. The lowest BCUT2D eigenvalue weighted by molar-refractivity contribution is -0.135. The highest BCUT2D eigenvalue weighted by molar-refractivity contribution is 7.89. The van der Waals surface area contributed by atoms with Gasteiger partial charge in [0.15, 0.2) is 0 Å². The topological polar surface area (TPSA) is 90.0 Å². The first-order valence-electron chi connectivity index (χ1n) is 13.3. The molecule has 0 spiro atoms. The molecule has 1 saturated heterocycles. The van der Waals surface area contributed by atoms with E-state index in [1.165, 1.54) is 16.4 Å². The third-order valence-corrected chi connectivity index (χ3v) is 8.74. The summed E-state index contributed by atoms with van der Waals surface area (Å²) in [6.45, 7) is 6.87. The maximum Gasteiger partial charge on any atom is 0.321 e. The number of nitrogens with zero attached hydrogens (tertiary/aromatic N) is 3. The van der Waals surface area contributed by atoms with Crippen LogP contribution in [0.25, 0.3) is 0 Å². The Morgan fingerprint density at radius 3 is 2.21 bits per heavy atom. The number of likely N-dealkylation sites (tertiary alicyclic amines) is 1. The first-order valence-corrected chi connectivity index (χ1v) is 14.9. The molecule has 0 unspecified atom stereocenters. The smallest absolute Gasteiger partial charge is 0.321 e. The average molecular weight is 547 g/mol. The second kappa shape index (κ2) is 13.7. The van der Waals surface area contributed by atoms with E-state index in [0.29, 0.717) is 38.8 Å². The normalized spacial score (nSPS) is 14.5. The molecule has 1 heterocycles. The van der Waals surface area contributed by atoms with E-state index >= 15 is 0 Å². The Balaban J connectivity index is 1.72. The lowest BCUT2D eigenvalue weighted by Crippen LogP contribution is -2.52. The summed E-state index contributed by atoms with van der Waals surface area (Å²) in [5, 5.41) is 2.92. The Morgan fingerprint density at radius 1 is 1.00 bits per heavy atom. The van der Waals surface area contributed by atoms with Gasteiger partial charge in [0.1, 0.15) is 5.82 Å². The summed E-state index contributed by atoms with van der Waals surface area (Å²) in [6, 6.07) is 13.2. The van der Waals surface area contributed by atoms with Crippen LogP contribution in [-0.2, 0) is 21.4 Å². The molecule has 38 heavy (non-hydrogen) atoms. The summed E-state index contributed by atoms with van der Waals surface area (Å²) < 4.78 is 40.4. The number of hydrogen-bond donors (Lipinski definition) is 1. The zero-order valence-corrected chi connectivity index (χ0v) is 23.3. The third-order valence-electron chi connectivity index (χ3n) is 6.72. The molecule has 2 aromatic carbocycles. The zero-order valence-electron chi connectivity index (χ0n) is 22.5. The molecule has 0 atom stereocenters. The van der Waals surface area contributed by atoms with Crippen LogP contribution < -0.4 is 5.32 Å². The van der Waals surface area contributed by atoms with Crippen molar-refractivity contribution >= 4 is 27.6 Å². The van der Waals surface area contributed by atoms with Crippen LogP contribution in [-0.4, -0.2) is 72.4 Å². The molecule has 0 aromatic heterocycles. The number of sulfonamides is 1. The van der Waals surface area contributed by atoms with Crippen molar-refractivity contribution in [2.24, 2.45) is 0 Å². The number of hydrogen-bond acceptors (Lipinski definition) is 4. The van der Waals surface area contributed by atoms with E-state index in [9.17, 15) is 22.4 Å². The predicted octanol–water partition coefficient (Wildman–Crippen LogP) is 4.61. The number of benzene rings is 2. The van der Waals surface area contributed by atoms with Crippen LogP contribution in [0.5, 0.6) is 0 Å². The number of aryl methyl sites for hydroxylation is 1. The highest BCUT2D eigenvalue weighted by Gasteiger charge is 2.32. The molecule has 1 N–H and O–H groups in total. The fourth-order valence-corrected chi connectivity index (χ4v) is 6.16. The van der Waals surface area contributed by atoms with Gasteiger partial charge in [-0.05, 0) is 62.4 Å². The van der Waals surface area contributed by atoms with Gasteiger partial charge < -0.3 is 15.1 Å². The Kier molecular flexibility index (Phi) is 10.7. The van der Waals surface area contributed by atoms with Crippen molar-refractivity contribution in [2.45, 2.75) is 59.0 Å². The second-order valence-corrected chi connectivity index (χ2v) is 11.9. The molecule has 0 radical (unpaired) electrons. The average Bonchev–Trinajstić information content (AvgIpc) is 2.89. The molecule has 208 valence electrons. The Labute approximate surface area is 225 Å². The predicted molar refractivity (Wildman–Crippen MR) is 148 cm³/mol. The molecular formula is C28H39FN4O4S. The number of nitrogens with one attached hydrogen (secondary N) is 1. The summed E-state index contributed by atoms with van der Waals surface area (Å²) in [4.78, 5) is 29.8. The van der Waals surface area contributed by atoms with Crippen molar-refractivity contribution in [2.75, 3.05) is 37.2 Å². The summed E-state index contributed by atoms with van der Waals surface area (Å²) in [5.41, 5.74) is 2.59. The highest BCUT2D eigenvalue weighted by atomic mass is 32.2. The van der Waals surface area contributed by atoms with Crippen LogP contribution in [0.2, 0.25) is 0 Å². The largest absolute Gasteiger partial charge is 0.334 e.